The molecular formula is C28H26N2O7. The molecule has 190 valence electrons. The SMILES string of the molecule is CCN(CC)c1ccc(C2(C(C(=O)OC)c3ccc([N+](=O)[O-])cc3)Oc3ccccc3C(=O)C2=O)cc1. The summed E-state index contributed by atoms with van der Waals surface area (Å²) in [6.45, 7) is 5.56. The standard InChI is InChI=1S/C28H26N2O7/c1-4-29(5-2)20-16-12-19(13-17-20)28(26(32)25(31)22-8-6-7-9-23(22)37-28)24(27(33)36-3)18-10-14-21(15-11-18)30(34)35/h6-17,24H,4-5H2,1-3H3. The monoisotopic (exact) mass is 502 g/mol. The first-order chi connectivity index (χ1) is 17.8. The minimum Gasteiger partial charge on any atom is -0.472 e. The molecule has 9 nitrogen and oxygen atoms in total. The number of para-hydroxylation sites is 1. The van der Waals surface area contributed by atoms with Crippen molar-refractivity contribution in [2.45, 2.75) is 25.4 Å². The van der Waals surface area contributed by atoms with Crippen LogP contribution in [0.25, 0.3) is 0 Å². The predicted molar refractivity (Wildman–Crippen MR) is 136 cm³/mol. The molecule has 0 amide bonds. The Morgan fingerprint density at radius 2 is 1.62 bits per heavy atom. The molecule has 37 heavy (non-hydrogen) atoms. The van der Waals surface area contributed by atoms with Crippen LogP contribution in [0.1, 0.15) is 41.3 Å². The van der Waals surface area contributed by atoms with E-state index in [1.807, 2.05) is 13.8 Å². The number of esters is 1. The first-order valence-electron chi connectivity index (χ1n) is 11.8. The van der Waals surface area contributed by atoms with Gasteiger partial charge in [0.1, 0.15) is 11.7 Å². The normalized spacial score (nSPS) is 17.4. The Morgan fingerprint density at radius 3 is 2.19 bits per heavy atom. The number of hydrogen-bond donors (Lipinski definition) is 0. The lowest BCUT2D eigenvalue weighted by Gasteiger charge is -2.41. The van der Waals surface area contributed by atoms with Gasteiger partial charge in [0, 0.05) is 36.5 Å². The van der Waals surface area contributed by atoms with Crippen LogP contribution in [0, 0.1) is 10.1 Å². The van der Waals surface area contributed by atoms with Gasteiger partial charge in [-0.2, -0.15) is 0 Å². The van der Waals surface area contributed by atoms with Gasteiger partial charge in [0.2, 0.25) is 11.4 Å². The van der Waals surface area contributed by atoms with Crippen LogP contribution < -0.4 is 9.64 Å². The minimum absolute atomic E-state index is 0.0928. The number of Topliss-reactive ketones (excluding diaryl/α,β-unsaturated/α-hetero) is 2. The number of methoxy groups -OCH3 is 1. The Morgan fingerprint density at radius 1 is 1.00 bits per heavy atom. The van der Waals surface area contributed by atoms with E-state index in [0.717, 1.165) is 18.8 Å². The van der Waals surface area contributed by atoms with Crippen molar-refractivity contribution in [3.63, 3.8) is 0 Å². The van der Waals surface area contributed by atoms with E-state index in [9.17, 15) is 24.5 Å². The van der Waals surface area contributed by atoms with Gasteiger partial charge in [0.05, 0.1) is 17.6 Å². The van der Waals surface area contributed by atoms with Crippen molar-refractivity contribution in [1.29, 1.82) is 0 Å². The molecule has 0 fully saturated rings. The number of nitrogens with zero attached hydrogens (tertiary/aromatic N) is 2. The highest BCUT2D eigenvalue weighted by Crippen LogP contribution is 2.47. The van der Waals surface area contributed by atoms with Gasteiger partial charge in [-0.05, 0) is 43.7 Å². The summed E-state index contributed by atoms with van der Waals surface area (Å²) in [4.78, 5) is 53.4. The van der Waals surface area contributed by atoms with Crippen molar-refractivity contribution in [3.05, 3.63) is 99.6 Å². The quantitative estimate of drug-likeness (QED) is 0.192. The lowest BCUT2D eigenvalue weighted by atomic mass is 9.71. The lowest BCUT2D eigenvalue weighted by Crippen LogP contribution is -2.55. The van der Waals surface area contributed by atoms with Crippen LogP contribution >= 0.6 is 0 Å². The highest BCUT2D eigenvalue weighted by Gasteiger charge is 2.59. The van der Waals surface area contributed by atoms with E-state index in [0.29, 0.717) is 0 Å². The third-order valence-electron chi connectivity index (χ3n) is 6.65. The molecule has 2 unspecified atom stereocenters. The molecule has 0 radical (unpaired) electrons. The average molecular weight is 503 g/mol. The molecule has 0 N–H and O–H groups in total. The van der Waals surface area contributed by atoms with Gasteiger partial charge in [-0.3, -0.25) is 24.5 Å². The smallest absolute Gasteiger partial charge is 0.318 e. The summed E-state index contributed by atoms with van der Waals surface area (Å²) in [5.41, 5.74) is -0.798. The van der Waals surface area contributed by atoms with Gasteiger partial charge in [-0.25, -0.2) is 0 Å². The Balaban J connectivity index is 1.98. The largest absolute Gasteiger partial charge is 0.472 e. The van der Waals surface area contributed by atoms with Crippen LogP contribution in [0.3, 0.4) is 0 Å². The third-order valence-corrected chi connectivity index (χ3v) is 6.65. The van der Waals surface area contributed by atoms with Crippen LogP contribution in [0.2, 0.25) is 0 Å². The predicted octanol–water partition coefficient (Wildman–Crippen LogP) is 4.44. The second kappa shape index (κ2) is 10.2. The fourth-order valence-electron chi connectivity index (χ4n) is 4.75. The number of nitro groups is 1. The molecule has 1 aliphatic heterocycles. The Labute approximate surface area is 213 Å². The Bertz CT molecular complexity index is 1350. The summed E-state index contributed by atoms with van der Waals surface area (Å²) in [7, 11) is 1.17. The zero-order valence-corrected chi connectivity index (χ0v) is 20.7. The Hall–Kier alpha value is -4.53. The van der Waals surface area contributed by atoms with Crippen molar-refractivity contribution in [3.8, 4) is 5.75 Å². The summed E-state index contributed by atoms with van der Waals surface area (Å²) in [5, 5.41) is 11.2. The van der Waals surface area contributed by atoms with Crippen molar-refractivity contribution in [2.24, 2.45) is 0 Å². The number of benzene rings is 3. The van der Waals surface area contributed by atoms with E-state index in [1.165, 1.54) is 37.4 Å². The molecule has 1 aliphatic rings. The lowest BCUT2D eigenvalue weighted by molar-refractivity contribution is -0.384. The molecule has 0 bridgehead atoms. The molecule has 1 heterocycles. The van der Waals surface area contributed by atoms with E-state index in [2.05, 4.69) is 4.90 Å². The number of rotatable bonds is 8. The number of nitro benzene ring substituents is 1. The molecule has 9 heteroatoms. The zero-order valence-electron chi connectivity index (χ0n) is 20.7. The highest BCUT2D eigenvalue weighted by molar-refractivity contribution is 6.48. The molecule has 2 atom stereocenters. The van der Waals surface area contributed by atoms with Gasteiger partial charge in [0.25, 0.3) is 11.5 Å². The average Bonchev–Trinajstić information content (AvgIpc) is 2.92. The second-order valence-corrected chi connectivity index (χ2v) is 8.52. The minimum atomic E-state index is -2.10. The zero-order chi connectivity index (χ0) is 26.7. The van der Waals surface area contributed by atoms with Crippen molar-refractivity contribution >= 4 is 28.9 Å². The number of non-ortho nitro benzene ring substituents is 1. The van der Waals surface area contributed by atoms with Gasteiger partial charge in [0.15, 0.2) is 0 Å². The number of anilines is 1. The van der Waals surface area contributed by atoms with Gasteiger partial charge < -0.3 is 14.4 Å². The molecule has 0 spiro atoms. The molecule has 3 aromatic rings. The number of carbonyl (C=O) groups excluding carboxylic acids is 3. The molecule has 3 aromatic carbocycles. The molecule has 0 aliphatic carbocycles. The summed E-state index contributed by atoms with van der Waals surface area (Å²) in [5.74, 6) is -3.85. The fourth-order valence-corrected chi connectivity index (χ4v) is 4.75. The maximum Gasteiger partial charge on any atom is 0.318 e. The number of fused-ring (bicyclic) bond motifs is 1. The highest BCUT2D eigenvalue weighted by atomic mass is 16.6. The maximum atomic E-state index is 14.0. The first-order valence-corrected chi connectivity index (χ1v) is 11.8. The maximum absolute atomic E-state index is 14.0. The van der Waals surface area contributed by atoms with Crippen molar-refractivity contribution in [1.82, 2.24) is 0 Å². The summed E-state index contributed by atoms with van der Waals surface area (Å²) < 4.78 is 11.4. The van der Waals surface area contributed by atoms with Gasteiger partial charge in [-0.1, -0.05) is 36.4 Å². The topological polar surface area (TPSA) is 116 Å². The molecular weight excluding hydrogens is 476 g/mol. The number of ether oxygens (including phenoxy) is 2. The molecule has 0 saturated heterocycles. The number of ketones is 2. The van der Waals surface area contributed by atoms with Crippen LogP contribution in [-0.4, -0.2) is 42.7 Å². The third kappa shape index (κ3) is 4.33. The van der Waals surface area contributed by atoms with Gasteiger partial charge >= 0.3 is 5.97 Å². The van der Waals surface area contributed by atoms with Crippen molar-refractivity contribution in [2.75, 3.05) is 25.1 Å². The summed E-state index contributed by atoms with van der Waals surface area (Å²) >= 11 is 0. The number of hydrogen-bond acceptors (Lipinski definition) is 8. The van der Waals surface area contributed by atoms with E-state index < -0.39 is 34.0 Å². The van der Waals surface area contributed by atoms with Crippen LogP contribution in [0.5, 0.6) is 5.75 Å². The number of carbonyl (C=O) groups is 3. The molecule has 0 aromatic heterocycles. The van der Waals surface area contributed by atoms with E-state index in [-0.39, 0.29) is 28.1 Å². The molecule has 0 saturated carbocycles. The van der Waals surface area contributed by atoms with E-state index >= 15 is 0 Å². The van der Waals surface area contributed by atoms with Crippen LogP contribution in [0.15, 0.2) is 72.8 Å². The summed E-state index contributed by atoms with van der Waals surface area (Å²) in [6.07, 6.45) is 0. The van der Waals surface area contributed by atoms with Gasteiger partial charge in [-0.15, -0.1) is 0 Å². The van der Waals surface area contributed by atoms with E-state index in [4.69, 9.17) is 9.47 Å². The fraction of sp³-hybridized carbons (Fsp3) is 0.250. The first kappa shape index (κ1) is 25.6. The summed E-state index contributed by atoms with van der Waals surface area (Å²) in [6, 6.07) is 18.4. The second-order valence-electron chi connectivity index (χ2n) is 8.52. The van der Waals surface area contributed by atoms with Crippen LogP contribution in [0.4, 0.5) is 11.4 Å². The Kier molecular flexibility index (Phi) is 7.06. The molecule has 4 rings (SSSR count). The van der Waals surface area contributed by atoms with E-state index in [1.54, 1.807) is 42.5 Å². The van der Waals surface area contributed by atoms with Crippen LogP contribution in [-0.2, 0) is 19.9 Å². The van der Waals surface area contributed by atoms with Crippen molar-refractivity contribution < 1.29 is 28.8 Å².